The number of imidazole rings is 1. The molecule has 11 heteroatoms. The van der Waals surface area contributed by atoms with Crippen molar-refractivity contribution < 1.29 is 24.2 Å². The summed E-state index contributed by atoms with van der Waals surface area (Å²) >= 11 is 0. The highest BCUT2D eigenvalue weighted by Crippen LogP contribution is 2.32. The van der Waals surface area contributed by atoms with Crippen LogP contribution >= 0.6 is 0 Å². The number of H-pyrrole nitrogens is 1. The number of carbonyl (C=O) groups excluding carboxylic acids is 2. The second kappa shape index (κ2) is 8.29. The van der Waals surface area contributed by atoms with Crippen molar-refractivity contribution in [2.24, 2.45) is 11.8 Å². The van der Waals surface area contributed by atoms with Gasteiger partial charge in [0.1, 0.15) is 18.4 Å². The van der Waals surface area contributed by atoms with E-state index in [1.807, 2.05) is 0 Å². The maximum absolute atomic E-state index is 12.3. The van der Waals surface area contributed by atoms with E-state index < -0.39 is 24.0 Å². The number of anilines is 1. The Balaban J connectivity index is 1.89. The molecule has 11 nitrogen and oxygen atoms in total. The van der Waals surface area contributed by atoms with Gasteiger partial charge >= 0.3 is 5.97 Å². The van der Waals surface area contributed by atoms with Crippen LogP contribution in [0.2, 0.25) is 0 Å². The number of rotatable bonds is 6. The number of hydrogen-bond acceptors (Lipinski definition) is 8. The average Bonchev–Trinajstić information content (AvgIpc) is 3.25. The zero-order chi connectivity index (χ0) is 21.3. The Bertz CT molecular complexity index is 965. The molecule has 3 atom stereocenters. The number of hydrogen-bond donors (Lipinski definition) is 3. The van der Waals surface area contributed by atoms with E-state index in [9.17, 15) is 19.5 Å². The quantitative estimate of drug-likeness (QED) is 0.588. The van der Waals surface area contributed by atoms with Gasteiger partial charge in [-0.15, -0.1) is 0 Å². The fourth-order valence-corrected chi connectivity index (χ4v) is 2.90. The molecule has 1 fully saturated rings. The molecule has 158 valence electrons. The van der Waals surface area contributed by atoms with Gasteiger partial charge in [0.2, 0.25) is 11.9 Å². The van der Waals surface area contributed by atoms with E-state index in [2.05, 4.69) is 20.3 Å². The average molecular weight is 407 g/mol. The van der Waals surface area contributed by atoms with Crippen LogP contribution in [0.15, 0.2) is 11.1 Å². The van der Waals surface area contributed by atoms with Crippen LogP contribution < -0.4 is 10.9 Å². The third kappa shape index (κ3) is 4.30. The van der Waals surface area contributed by atoms with E-state index in [-0.39, 0.29) is 53.9 Å². The largest absolute Gasteiger partial charge is 0.459 e. The molecule has 1 aliphatic rings. The number of fused-ring (bicyclic) bond motifs is 1. The monoisotopic (exact) mass is 407 g/mol. The zero-order valence-corrected chi connectivity index (χ0v) is 16.7. The molecule has 2 aromatic rings. The topological polar surface area (TPSA) is 148 Å². The van der Waals surface area contributed by atoms with Crippen LogP contribution in [-0.4, -0.2) is 55.3 Å². The number of amides is 1. The van der Waals surface area contributed by atoms with Crippen LogP contribution in [0.25, 0.3) is 11.2 Å². The molecule has 0 aromatic carbocycles. The van der Waals surface area contributed by atoms with E-state index in [0.29, 0.717) is 0 Å². The minimum atomic E-state index is -0.706. The van der Waals surface area contributed by atoms with Gasteiger partial charge in [-0.3, -0.25) is 29.3 Å². The van der Waals surface area contributed by atoms with Crippen molar-refractivity contribution in [1.29, 1.82) is 0 Å². The predicted molar refractivity (Wildman–Crippen MR) is 102 cm³/mol. The minimum absolute atomic E-state index is 0.00226. The molecule has 3 heterocycles. The summed E-state index contributed by atoms with van der Waals surface area (Å²) < 4.78 is 12.8. The molecule has 3 rings (SSSR count). The van der Waals surface area contributed by atoms with E-state index in [4.69, 9.17) is 9.47 Å². The summed E-state index contributed by atoms with van der Waals surface area (Å²) in [4.78, 5) is 47.0. The molecule has 0 aliphatic carbocycles. The second-order valence-corrected chi connectivity index (χ2v) is 7.56. The van der Waals surface area contributed by atoms with E-state index in [1.165, 1.54) is 10.9 Å². The Morgan fingerprint density at radius 2 is 2.10 bits per heavy atom. The Morgan fingerprint density at radius 3 is 2.72 bits per heavy atom. The minimum Gasteiger partial charge on any atom is -0.459 e. The molecule has 0 spiro atoms. The van der Waals surface area contributed by atoms with Gasteiger partial charge in [0.25, 0.3) is 5.56 Å². The lowest BCUT2D eigenvalue weighted by molar-refractivity contribution is -0.156. The number of aliphatic hydroxyl groups is 1. The first-order valence-electron chi connectivity index (χ1n) is 9.45. The van der Waals surface area contributed by atoms with Crippen LogP contribution in [-0.2, 0) is 19.1 Å². The highest BCUT2D eigenvalue weighted by atomic mass is 16.6. The van der Waals surface area contributed by atoms with Crippen LogP contribution in [0.4, 0.5) is 5.95 Å². The first-order chi connectivity index (χ1) is 13.7. The fraction of sp³-hybridized carbons (Fsp3) is 0.611. The third-order valence-electron chi connectivity index (χ3n) is 4.61. The molecule has 0 saturated carbocycles. The highest BCUT2D eigenvalue weighted by Gasteiger charge is 2.39. The molecule has 0 unspecified atom stereocenters. The van der Waals surface area contributed by atoms with Crippen LogP contribution in [0.3, 0.4) is 0 Å². The van der Waals surface area contributed by atoms with Crippen LogP contribution in [0, 0.1) is 11.8 Å². The Labute approximate surface area is 166 Å². The Morgan fingerprint density at radius 1 is 1.38 bits per heavy atom. The van der Waals surface area contributed by atoms with Crippen molar-refractivity contribution in [1.82, 2.24) is 19.5 Å². The lowest BCUT2D eigenvalue weighted by Crippen LogP contribution is -2.31. The van der Waals surface area contributed by atoms with Gasteiger partial charge in [0.05, 0.1) is 18.9 Å². The number of aromatic amines is 1. The van der Waals surface area contributed by atoms with Crippen molar-refractivity contribution in [3.63, 3.8) is 0 Å². The van der Waals surface area contributed by atoms with Crippen molar-refractivity contribution in [2.75, 3.05) is 11.9 Å². The summed E-state index contributed by atoms with van der Waals surface area (Å²) in [6.45, 7) is 6.54. The van der Waals surface area contributed by atoms with E-state index >= 15 is 0 Å². The predicted octanol–water partition coefficient (Wildman–Crippen LogP) is 0.562. The first-order valence-corrected chi connectivity index (χ1v) is 9.45. The summed E-state index contributed by atoms with van der Waals surface area (Å²) in [5.41, 5.74) is -0.211. The molecule has 1 aliphatic heterocycles. The number of nitrogens with one attached hydrogen (secondary N) is 2. The van der Waals surface area contributed by atoms with Gasteiger partial charge in [0.15, 0.2) is 11.2 Å². The molecule has 3 N–H and O–H groups in total. The second-order valence-electron chi connectivity index (χ2n) is 7.56. The van der Waals surface area contributed by atoms with Gasteiger partial charge < -0.3 is 14.6 Å². The summed E-state index contributed by atoms with van der Waals surface area (Å²) in [6.07, 6.45) is -0.337. The van der Waals surface area contributed by atoms with Crippen LogP contribution in [0.1, 0.15) is 40.3 Å². The molecule has 29 heavy (non-hydrogen) atoms. The highest BCUT2D eigenvalue weighted by molar-refractivity contribution is 5.91. The smallest absolute Gasteiger partial charge is 0.308 e. The number of ether oxygens (including phenoxy) is 2. The van der Waals surface area contributed by atoms with Gasteiger partial charge in [-0.25, -0.2) is 4.98 Å². The Kier molecular flexibility index (Phi) is 5.99. The standard InChI is InChI=1S/C18H25N5O6/c1-8(2)15(25)21-18-20-14-13(16(26)22-18)19-7-23(14)12-5-10(11(6-24)28-12)29-17(27)9(3)4/h7-12,24H,5-6H2,1-4H3,(H2,20,21,22,25,26)/t10-,11-,12-/m0/s1. The van der Waals surface area contributed by atoms with Crippen molar-refractivity contribution in [3.8, 4) is 0 Å². The van der Waals surface area contributed by atoms with Crippen molar-refractivity contribution in [2.45, 2.75) is 52.6 Å². The van der Waals surface area contributed by atoms with Gasteiger partial charge in [-0.1, -0.05) is 27.7 Å². The van der Waals surface area contributed by atoms with Gasteiger partial charge in [0, 0.05) is 12.3 Å². The van der Waals surface area contributed by atoms with Crippen molar-refractivity contribution >= 4 is 29.0 Å². The maximum atomic E-state index is 12.3. The lowest BCUT2D eigenvalue weighted by atomic mass is 10.1. The number of carbonyl (C=O) groups is 2. The normalized spacial score (nSPS) is 21.8. The summed E-state index contributed by atoms with van der Waals surface area (Å²) in [7, 11) is 0. The SMILES string of the molecule is CC(C)C(=O)Nc1nc2c(ncn2[C@@H]2C[C@H](OC(=O)C(C)C)[C@H](CO)O2)c(=O)[nH]1. The molecule has 2 aromatic heterocycles. The third-order valence-corrected chi connectivity index (χ3v) is 4.61. The van der Waals surface area contributed by atoms with Crippen molar-refractivity contribution in [3.05, 3.63) is 16.7 Å². The molecule has 1 amide bonds. The summed E-state index contributed by atoms with van der Waals surface area (Å²) in [6, 6.07) is 0. The number of esters is 1. The first kappa shape index (κ1) is 20.9. The number of nitrogens with zero attached hydrogens (tertiary/aromatic N) is 3. The van der Waals surface area contributed by atoms with Crippen LogP contribution in [0.5, 0.6) is 0 Å². The molecular formula is C18H25N5O6. The van der Waals surface area contributed by atoms with E-state index in [0.717, 1.165) is 0 Å². The summed E-state index contributed by atoms with van der Waals surface area (Å²) in [5, 5.41) is 12.1. The Hall–Kier alpha value is -2.79. The zero-order valence-electron chi connectivity index (χ0n) is 16.7. The molecule has 0 bridgehead atoms. The van der Waals surface area contributed by atoms with Gasteiger partial charge in [-0.05, 0) is 0 Å². The molecule has 0 radical (unpaired) electrons. The number of aliphatic hydroxyl groups excluding tert-OH is 1. The fourth-order valence-electron chi connectivity index (χ4n) is 2.90. The number of aromatic nitrogens is 4. The van der Waals surface area contributed by atoms with E-state index in [1.54, 1.807) is 27.7 Å². The van der Waals surface area contributed by atoms with Gasteiger partial charge in [-0.2, -0.15) is 4.98 Å². The molecule has 1 saturated heterocycles. The molecular weight excluding hydrogens is 382 g/mol. The lowest BCUT2D eigenvalue weighted by Gasteiger charge is -2.17. The summed E-state index contributed by atoms with van der Waals surface area (Å²) in [5.74, 6) is -1.28. The maximum Gasteiger partial charge on any atom is 0.308 e.